The highest BCUT2D eigenvalue weighted by Crippen LogP contribution is 2.38. The summed E-state index contributed by atoms with van der Waals surface area (Å²) in [7, 11) is 3.26. The SMILES string of the molecule is CCc1nc(C)n(-c2c(C)nn3c(-c4ccc(OC)cc4OC)c(C)oc23)n1. The minimum Gasteiger partial charge on any atom is -0.497 e. The Kier molecular flexibility index (Phi) is 4.33. The van der Waals surface area contributed by atoms with Crippen molar-refractivity contribution in [3.8, 4) is 28.4 Å². The van der Waals surface area contributed by atoms with Crippen LogP contribution >= 0.6 is 0 Å². The van der Waals surface area contributed by atoms with Crippen LogP contribution in [0.25, 0.3) is 22.7 Å². The van der Waals surface area contributed by atoms with Crippen molar-refractivity contribution in [1.29, 1.82) is 0 Å². The number of nitrogens with zero attached hydrogens (tertiary/aromatic N) is 5. The number of hydrogen-bond donors (Lipinski definition) is 0. The number of hydrogen-bond acceptors (Lipinski definition) is 6. The van der Waals surface area contributed by atoms with E-state index in [2.05, 4.69) is 10.1 Å². The molecule has 0 aliphatic carbocycles. The Morgan fingerprint density at radius 1 is 1.07 bits per heavy atom. The van der Waals surface area contributed by atoms with Gasteiger partial charge in [-0.05, 0) is 32.9 Å². The molecule has 0 atom stereocenters. The van der Waals surface area contributed by atoms with Crippen LogP contribution in [0, 0.1) is 20.8 Å². The molecule has 0 saturated heterocycles. The predicted octanol–water partition coefficient (Wildman–Crippen LogP) is 3.68. The van der Waals surface area contributed by atoms with Gasteiger partial charge in [0.25, 0.3) is 0 Å². The van der Waals surface area contributed by atoms with E-state index in [4.69, 9.17) is 19.0 Å². The van der Waals surface area contributed by atoms with Crippen molar-refractivity contribution in [1.82, 2.24) is 24.4 Å². The van der Waals surface area contributed by atoms with Crippen LogP contribution in [0.2, 0.25) is 0 Å². The average Bonchev–Trinajstić information content (AvgIpc) is 3.31. The molecular formula is C20H23N5O3. The van der Waals surface area contributed by atoms with Crippen molar-refractivity contribution in [2.24, 2.45) is 0 Å². The number of aromatic nitrogens is 5. The third-order valence-electron chi connectivity index (χ3n) is 4.79. The standard InChI is InChI=1S/C20H23N5O3/c1-7-17-21-13(4)24(23-17)18-11(2)22-25-19(12(3)28-20(18)25)15-9-8-14(26-5)10-16(15)27-6/h8-10H,7H2,1-6H3. The predicted molar refractivity (Wildman–Crippen MR) is 105 cm³/mol. The zero-order chi connectivity index (χ0) is 20.0. The molecule has 0 aliphatic heterocycles. The van der Waals surface area contributed by atoms with Gasteiger partial charge in [0.05, 0.1) is 19.9 Å². The first-order valence-electron chi connectivity index (χ1n) is 9.12. The summed E-state index contributed by atoms with van der Waals surface area (Å²) in [4.78, 5) is 4.51. The highest BCUT2D eigenvalue weighted by atomic mass is 16.5. The first-order valence-corrected chi connectivity index (χ1v) is 9.12. The van der Waals surface area contributed by atoms with E-state index in [9.17, 15) is 0 Å². The van der Waals surface area contributed by atoms with Crippen molar-refractivity contribution >= 4 is 5.71 Å². The zero-order valence-electron chi connectivity index (χ0n) is 16.9. The minimum atomic E-state index is 0.624. The van der Waals surface area contributed by atoms with Gasteiger partial charge in [0.1, 0.15) is 28.8 Å². The molecule has 0 spiro atoms. The Hall–Kier alpha value is -3.29. The fourth-order valence-corrected chi connectivity index (χ4v) is 3.43. The van der Waals surface area contributed by atoms with Crippen molar-refractivity contribution in [3.63, 3.8) is 0 Å². The van der Waals surface area contributed by atoms with Crippen LogP contribution in [-0.2, 0) is 6.42 Å². The summed E-state index contributed by atoms with van der Waals surface area (Å²) in [6.07, 6.45) is 0.767. The van der Waals surface area contributed by atoms with E-state index in [0.717, 1.165) is 52.2 Å². The van der Waals surface area contributed by atoms with E-state index in [-0.39, 0.29) is 0 Å². The molecule has 3 heterocycles. The number of aryl methyl sites for hydroxylation is 4. The molecule has 0 fully saturated rings. The van der Waals surface area contributed by atoms with E-state index >= 15 is 0 Å². The van der Waals surface area contributed by atoms with Gasteiger partial charge in [-0.2, -0.15) is 14.7 Å². The van der Waals surface area contributed by atoms with Gasteiger partial charge in [0.15, 0.2) is 11.5 Å². The van der Waals surface area contributed by atoms with Crippen molar-refractivity contribution in [3.05, 3.63) is 41.3 Å². The Bertz CT molecular complexity index is 1170. The number of fused-ring (bicyclic) bond motifs is 1. The fraction of sp³-hybridized carbons (Fsp3) is 0.350. The third kappa shape index (κ3) is 2.64. The van der Waals surface area contributed by atoms with Gasteiger partial charge in [-0.15, -0.1) is 0 Å². The second-order valence-electron chi connectivity index (χ2n) is 6.56. The zero-order valence-corrected chi connectivity index (χ0v) is 16.9. The summed E-state index contributed by atoms with van der Waals surface area (Å²) in [6.45, 7) is 7.82. The molecule has 4 rings (SSSR count). The van der Waals surface area contributed by atoms with Crippen LogP contribution in [0.5, 0.6) is 11.5 Å². The van der Waals surface area contributed by atoms with Crippen LogP contribution in [0.15, 0.2) is 22.6 Å². The average molecular weight is 381 g/mol. The molecule has 0 bridgehead atoms. The van der Waals surface area contributed by atoms with E-state index in [0.29, 0.717) is 11.5 Å². The molecule has 146 valence electrons. The molecule has 4 aromatic rings. The van der Waals surface area contributed by atoms with Gasteiger partial charge < -0.3 is 13.9 Å². The molecular weight excluding hydrogens is 358 g/mol. The second kappa shape index (κ2) is 6.70. The summed E-state index contributed by atoms with van der Waals surface area (Å²) >= 11 is 0. The molecule has 0 amide bonds. The molecule has 8 heteroatoms. The molecule has 1 aromatic carbocycles. The molecule has 8 nitrogen and oxygen atoms in total. The molecule has 0 radical (unpaired) electrons. The second-order valence-corrected chi connectivity index (χ2v) is 6.56. The van der Waals surface area contributed by atoms with Crippen molar-refractivity contribution in [2.75, 3.05) is 14.2 Å². The smallest absolute Gasteiger partial charge is 0.249 e. The van der Waals surface area contributed by atoms with Crippen LogP contribution in [-0.4, -0.2) is 38.6 Å². The summed E-state index contributed by atoms with van der Waals surface area (Å²) in [5.41, 5.74) is 3.93. The Morgan fingerprint density at radius 2 is 1.86 bits per heavy atom. The van der Waals surface area contributed by atoms with Crippen molar-refractivity contribution < 1.29 is 13.9 Å². The Balaban J connectivity index is 1.96. The summed E-state index contributed by atoms with van der Waals surface area (Å²) in [5, 5.41) is 9.33. The molecule has 0 unspecified atom stereocenters. The third-order valence-corrected chi connectivity index (χ3v) is 4.79. The normalized spacial score (nSPS) is 11.4. The minimum absolute atomic E-state index is 0.624. The lowest BCUT2D eigenvalue weighted by atomic mass is 10.1. The van der Waals surface area contributed by atoms with Crippen LogP contribution in [0.4, 0.5) is 0 Å². The van der Waals surface area contributed by atoms with Crippen LogP contribution < -0.4 is 9.47 Å². The molecule has 28 heavy (non-hydrogen) atoms. The van der Waals surface area contributed by atoms with Gasteiger partial charge in [0.2, 0.25) is 5.71 Å². The van der Waals surface area contributed by atoms with E-state index < -0.39 is 0 Å². The quantitative estimate of drug-likeness (QED) is 0.525. The molecule has 3 aromatic heterocycles. The molecule has 0 saturated carbocycles. The van der Waals surface area contributed by atoms with E-state index in [1.165, 1.54) is 0 Å². The topological polar surface area (TPSA) is 79.6 Å². The van der Waals surface area contributed by atoms with Gasteiger partial charge in [-0.1, -0.05) is 6.92 Å². The van der Waals surface area contributed by atoms with Gasteiger partial charge in [-0.3, -0.25) is 0 Å². The number of rotatable bonds is 5. The summed E-state index contributed by atoms with van der Waals surface area (Å²) in [6, 6.07) is 5.68. The fourth-order valence-electron chi connectivity index (χ4n) is 3.43. The number of benzene rings is 1. The van der Waals surface area contributed by atoms with Gasteiger partial charge >= 0.3 is 0 Å². The first-order chi connectivity index (χ1) is 13.5. The highest BCUT2D eigenvalue weighted by molar-refractivity contribution is 5.75. The van der Waals surface area contributed by atoms with Gasteiger partial charge in [-0.25, -0.2) is 9.67 Å². The lowest BCUT2D eigenvalue weighted by Gasteiger charge is -2.09. The monoisotopic (exact) mass is 381 g/mol. The summed E-state index contributed by atoms with van der Waals surface area (Å²) < 4.78 is 20.6. The molecule has 0 N–H and O–H groups in total. The van der Waals surface area contributed by atoms with Crippen molar-refractivity contribution in [2.45, 2.75) is 34.1 Å². The molecule has 0 aliphatic rings. The lowest BCUT2D eigenvalue weighted by molar-refractivity contribution is 0.395. The lowest BCUT2D eigenvalue weighted by Crippen LogP contribution is -2.00. The number of methoxy groups -OCH3 is 2. The largest absolute Gasteiger partial charge is 0.497 e. The van der Waals surface area contributed by atoms with E-state index in [1.54, 1.807) is 23.4 Å². The number of ether oxygens (including phenoxy) is 2. The Morgan fingerprint density at radius 3 is 2.50 bits per heavy atom. The highest BCUT2D eigenvalue weighted by Gasteiger charge is 2.25. The Labute approximate surface area is 162 Å². The first kappa shape index (κ1) is 18.1. The van der Waals surface area contributed by atoms with Gasteiger partial charge in [0, 0.05) is 18.1 Å². The van der Waals surface area contributed by atoms with E-state index in [1.807, 2.05) is 45.9 Å². The summed E-state index contributed by atoms with van der Waals surface area (Å²) in [5.74, 6) is 3.73. The maximum Gasteiger partial charge on any atom is 0.249 e. The van der Waals surface area contributed by atoms with Crippen LogP contribution in [0.1, 0.15) is 30.0 Å². The maximum atomic E-state index is 6.14. The van der Waals surface area contributed by atoms with Crippen LogP contribution in [0.3, 0.4) is 0 Å². The maximum absolute atomic E-state index is 6.14. The number of oxazole rings is 1.